The summed E-state index contributed by atoms with van der Waals surface area (Å²) in [6, 6.07) is 5.49. The highest BCUT2D eigenvalue weighted by atomic mass is 79.9. The molecule has 3 atom stereocenters. The highest BCUT2D eigenvalue weighted by Crippen LogP contribution is 2.42. The highest BCUT2D eigenvalue weighted by molar-refractivity contribution is 9.10. The minimum atomic E-state index is -0.0708. The lowest BCUT2D eigenvalue weighted by atomic mass is 9.93. The Balaban J connectivity index is 1.47. The molecule has 1 amide bonds. The Hall–Kier alpha value is -2.02. The molecule has 2 bridgehead atoms. The fourth-order valence-electron chi connectivity index (χ4n) is 3.56. The fourth-order valence-corrected chi connectivity index (χ4v) is 3.98. The van der Waals surface area contributed by atoms with Gasteiger partial charge < -0.3 is 5.32 Å². The minimum absolute atomic E-state index is 0.0708. The molecule has 0 spiro atoms. The smallest absolute Gasteiger partial charge is 0.252 e. The largest absolute Gasteiger partial charge is 0.352 e. The predicted molar refractivity (Wildman–Crippen MR) is 88.0 cm³/mol. The van der Waals surface area contributed by atoms with Crippen LogP contribution in [0.25, 0.3) is 5.69 Å². The number of carbonyl (C=O) groups excluding carboxylic acids is 1. The van der Waals surface area contributed by atoms with Crippen molar-refractivity contribution in [1.29, 1.82) is 0 Å². The van der Waals surface area contributed by atoms with E-state index in [0.29, 0.717) is 17.4 Å². The van der Waals surface area contributed by atoms with E-state index in [0.717, 1.165) is 22.6 Å². The van der Waals surface area contributed by atoms with Crippen LogP contribution < -0.4 is 5.32 Å². The lowest BCUT2D eigenvalue weighted by Crippen LogP contribution is -2.31. The van der Waals surface area contributed by atoms with Gasteiger partial charge in [-0.3, -0.25) is 4.79 Å². The van der Waals surface area contributed by atoms with E-state index >= 15 is 0 Å². The Morgan fingerprint density at radius 2 is 2.26 bits per heavy atom. The maximum atomic E-state index is 12.5. The van der Waals surface area contributed by atoms with E-state index in [4.69, 9.17) is 0 Å². The first-order valence-electron chi connectivity index (χ1n) is 7.70. The summed E-state index contributed by atoms with van der Waals surface area (Å²) in [6.45, 7) is 0.728. The summed E-state index contributed by atoms with van der Waals surface area (Å²) in [5.41, 5.74) is 1.35. The standard InChI is InChI=1S/C16H16BrN5O/c17-15-4-3-13(22-9-19-20-21-22)7-14(15)16(23)18-8-12-6-10-1-2-11(12)5-10/h1-4,7,9-12H,5-6,8H2,(H,18,23)/t10-,11-,12-/m1/s1. The van der Waals surface area contributed by atoms with Crippen LogP contribution in [0.5, 0.6) is 0 Å². The van der Waals surface area contributed by atoms with Crippen LogP contribution in [0.15, 0.2) is 41.2 Å². The van der Waals surface area contributed by atoms with Crippen molar-refractivity contribution in [3.05, 3.63) is 46.7 Å². The van der Waals surface area contributed by atoms with E-state index in [1.54, 1.807) is 6.07 Å². The van der Waals surface area contributed by atoms with Crippen molar-refractivity contribution in [2.24, 2.45) is 17.8 Å². The number of allylic oxidation sites excluding steroid dienone is 2. The van der Waals surface area contributed by atoms with E-state index in [1.807, 2.05) is 12.1 Å². The van der Waals surface area contributed by atoms with E-state index < -0.39 is 0 Å². The van der Waals surface area contributed by atoms with Crippen LogP contribution in [0.3, 0.4) is 0 Å². The second kappa shape index (κ2) is 5.88. The zero-order valence-electron chi connectivity index (χ0n) is 12.4. The molecule has 2 aliphatic carbocycles. The molecule has 6 nitrogen and oxygen atoms in total. The Bertz CT molecular complexity index is 758. The third-order valence-corrected chi connectivity index (χ3v) is 5.44. The quantitative estimate of drug-likeness (QED) is 0.834. The predicted octanol–water partition coefficient (Wildman–Crippen LogP) is 2.37. The number of benzene rings is 1. The number of carbonyl (C=O) groups is 1. The molecular weight excluding hydrogens is 358 g/mol. The van der Waals surface area contributed by atoms with Gasteiger partial charge in [-0.1, -0.05) is 12.2 Å². The number of aromatic nitrogens is 4. The molecule has 0 aliphatic heterocycles. The third-order valence-electron chi connectivity index (χ3n) is 4.75. The van der Waals surface area contributed by atoms with Gasteiger partial charge in [0.1, 0.15) is 6.33 Å². The summed E-state index contributed by atoms with van der Waals surface area (Å²) in [7, 11) is 0. The Morgan fingerprint density at radius 3 is 2.96 bits per heavy atom. The van der Waals surface area contributed by atoms with Gasteiger partial charge >= 0.3 is 0 Å². The Morgan fingerprint density at radius 1 is 1.35 bits per heavy atom. The van der Waals surface area contributed by atoms with Crippen molar-refractivity contribution in [1.82, 2.24) is 25.5 Å². The number of fused-ring (bicyclic) bond motifs is 2. The fraction of sp³-hybridized carbons (Fsp3) is 0.375. The first-order chi connectivity index (χ1) is 11.2. The summed E-state index contributed by atoms with van der Waals surface area (Å²) in [6.07, 6.45) is 8.56. The van der Waals surface area contributed by atoms with Crippen LogP contribution in [0.1, 0.15) is 23.2 Å². The van der Waals surface area contributed by atoms with Gasteiger partial charge in [-0.05, 0) is 75.2 Å². The van der Waals surface area contributed by atoms with Crippen LogP contribution in [0.4, 0.5) is 0 Å². The molecule has 0 saturated heterocycles. The molecule has 118 valence electrons. The summed E-state index contributed by atoms with van der Waals surface area (Å²) >= 11 is 3.45. The van der Waals surface area contributed by atoms with Gasteiger partial charge in [0.15, 0.2) is 0 Å². The van der Waals surface area contributed by atoms with Crippen molar-refractivity contribution >= 4 is 21.8 Å². The van der Waals surface area contributed by atoms with Crippen molar-refractivity contribution in [2.75, 3.05) is 6.54 Å². The maximum absolute atomic E-state index is 12.5. The first-order valence-corrected chi connectivity index (χ1v) is 8.49. The summed E-state index contributed by atoms with van der Waals surface area (Å²) < 4.78 is 2.30. The number of rotatable bonds is 4. The molecule has 1 N–H and O–H groups in total. The molecular formula is C16H16BrN5O. The van der Waals surface area contributed by atoms with E-state index in [-0.39, 0.29) is 5.91 Å². The molecule has 1 fully saturated rings. The van der Waals surface area contributed by atoms with Gasteiger partial charge in [0, 0.05) is 11.0 Å². The zero-order valence-corrected chi connectivity index (χ0v) is 14.0. The number of hydrogen-bond acceptors (Lipinski definition) is 4. The molecule has 0 unspecified atom stereocenters. The third kappa shape index (κ3) is 2.81. The average molecular weight is 374 g/mol. The summed E-state index contributed by atoms with van der Waals surface area (Å²) in [5, 5.41) is 14.2. The molecule has 23 heavy (non-hydrogen) atoms. The monoisotopic (exact) mass is 373 g/mol. The second-order valence-corrected chi connectivity index (χ2v) is 7.02. The van der Waals surface area contributed by atoms with Crippen LogP contribution >= 0.6 is 15.9 Å². The van der Waals surface area contributed by atoms with E-state index in [1.165, 1.54) is 23.9 Å². The zero-order chi connectivity index (χ0) is 15.8. The normalized spacial score (nSPS) is 25.0. The summed E-state index contributed by atoms with van der Waals surface area (Å²) in [4.78, 5) is 12.5. The lowest BCUT2D eigenvalue weighted by molar-refractivity contribution is 0.0944. The van der Waals surface area contributed by atoms with Gasteiger partial charge in [0.05, 0.1) is 11.3 Å². The van der Waals surface area contributed by atoms with Gasteiger partial charge in [-0.2, -0.15) is 0 Å². The van der Waals surface area contributed by atoms with Gasteiger partial charge in [0.25, 0.3) is 5.91 Å². The van der Waals surface area contributed by atoms with E-state index in [2.05, 4.69) is 48.9 Å². The molecule has 2 aromatic rings. The Kier molecular flexibility index (Phi) is 3.72. The average Bonchev–Trinajstić information content (AvgIpc) is 3.30. The van der Waals surface area contributed by atoms with Gasteiger partial charge in [-0.15, -0.1) is 5.10 Å². The number of halogens is 1. The van der Waals surface area contributed by atoms with Gasteiger partial charge in [0.2, 0.25) is 0 Å². The number of tetrazole rings is 1. The molecule has 4 rings (SSSR count). The SMILES string of the molecule is O=C(NC[C@H]1C[C@@H]2C=C[C@@H]1C2)c1cc(-n2cnnn2)ccc1Br. The molecule has 1 saturated carbocycles. The molecule has 0 radical (unpaired) electrons. The van der Waals surface area contributed by atoms with Crippen LogP contribution in [-0.4, -0.2) is 32.7 Å². The minimum Gasteiger partial charge on any atom is -0.352 e. The molecule has 1 aromatic carbocycles. The van der Waals surface area contributed by atoms with Crippen molar-refractivity contribution in [2.45, 2.75) is 12.8 Å². The first kappa shape index (κ1) is 14.6. The summed E-state index contributed by atoms with van der Waals surface area (Å²) in [5.74, 6) is 1.85. The van der Waals surface area contributed by atoms with E-state index in [9.17, 15) is 4.79 Å². The molecule has 1 aromatic heterocycles. The maximum Gasteiger partial charge on any atom is 0.252 e. The van der Waals surface area contributed by atoms with Crippen LogP contribution in [0.2, 0.25) is 0 Å². The molecule has 2 aliphatic rings. The lowest BCUT2D eigenvalue weighted by Gasteiger charge is -2.18. The van der Waals surface area contributed by atoms with Crippen molar-refractivity contribution in [3.63, 3.8) is 0 Å². The molecule has 1 heterocycles. The van der Waals surface area contributed by atoms with Crippen molar-refractivity contribution in [3.8, 4) is 5.69 Å². The second-order valence-electron chi connectivity index (χ2n) is 6.17. The topological polar surface area (TPSA) is 72.7 Å². The highest BCUT2D eigenvalue weighted by Gasteiger charge is 2.35. The number of nitrogens with one attached hydrogen (secondary N) is 1. The van der Waals surface area contributed by atoms with Crippen molar-refractivity contribution < 1.29 is 4.79 Å². The number of amides is 1. The van der Waals surface area contributed by atoms with Crippen LogP contribution in [-0.2, 0) is 0 Å². The van der Waals surface area contributed by atoms with Gasteiger partial charge in [-0.25, -0.2) is 4.68 Å². The Labute approximate surface area is 142 Å². The van der Waals surface area contributed by atoms with Crippen LogP contribution in [0, 0.1) is 17.8 Å². The number of hydrogen-bond donors (Lipinski definition) is 1. The number of nitrogens with zero attached hydrogens (tertiary/aromatic N) is 4. The molecule has 7 heteroatoms.